The van der Waals surface area contributed by atoms with Gasteiger partial charge in [0.15, 0.2) is 0 Å². The minimum Gasteiger partial charge on any atom is -0.480 e. The van der Waals surface area contributed by atoms with Gasteiger partial charge in [0, 0.05) is 0 Å². The smallest absolute Gasteiger partial charge is 0.326 e. The van der Waals surface area contributed by atoms with Crippen molar-refractivity contribution in [1.82, 2.24) is 0 Å². The Kier molecular flexibility index (Phi) is 7.27. The van der Waals surface area contributed by atoms with Crippen LogP contribution < -0.4 is 11.5 Å². The predicted octanol–water partition coefficient (Wildman–Crippen LogP) is -0.101. The average Bonchev–Trinajstić information content (AvgIpc) is 2.00. The van der Waals surface area contributed by atoms with E-state index in [2.05, 4.69) is 0 Å². The lowest BCUT2D eigenvalue weighted by Crippen LogP contribution is -2.50. The van der Waals surface area contributed by atoms with Crippen molar-refractivity contribution in [3.05, 3.63) is 0 Å². The molecule has 0 aromatic heterocycles. The van der Waals surface area contributed by atoms with Gasteiger partial charge >= 0.3 is 5.97 Å². The first-order chi connectivity index (χ1) is 5.06. The molecular weight excluding hydrogens is 187 g/mol. The molecule has 12 heavy (non-hydrogen) atoms. The monoisotopic (exact) mass is 200 g/mol. The summed E-state index contributed by atoms with van der Waals surface area (Å²) in [5.74, 6) is -1.31. The van der Waals surface area contributed by atoms with E-state index in [9.17, 15) is 9.18 Å². The van der Waals surface area contributed by atoms with E-state index in [1.165, 1.54) is 0 Å². The van der Waals surface area contributed by atoms with Gasteiger partial charge in [0.25, 0.3) is 0 Å². The summed E-state index contributed by atoms with van der Waals surface area (Å²) in [6.45, 7) is -0.728. The molecule has 0 aliphatic carbocycles. The fourth-order valence-electron chi connectivity index (χ4n) is 0.648. The third-order valence-corrected chi connectivity index (χ3v) is 1.49. The van der Waals surface area contributed by atoms with Crippen LogP contribution in [-0.4, -0.2) is 29.8 Å². The molecule has 0 fully saturated rings. The molecule has 0 amide bonds. The largest absolute Gasteiger partial charge is 0.480 e. The van der Waals surface area contributed by atoms with Crippen LogP contribution in [0.15, 0.2) is 0 Å². The molecule has 0 aliphatic rings. The van der Waals surface area contributed by atoms with Crippen LogP contribution in [0.2, 0.25) is 0 Å². The number of halogens is 2. The Morgan fingerprint density at radius 2 is 2.08 bits per heavy atom. The van der Waals surface area contributed by atoms with Crippen molar-refractivity contribution in [1.29, 1.82) is 0 Å². The number of carboxylic acid groups (broad SMARTS) is 1. The van der Waals surface area contributed by atoms with Crippen LogP contribution in [0.3, 0.4) is 0 Å². The molecule has 0 radical (unpaired) electrons. The summed E-state index contributed by atoms with van der Waals surface area (Å²) in [6, 6.07) is 0. The number of alkyl halides is 1. The fourth-order valence-corrected chi connectivity index (χ4v) is 0.648. The van der Waals surface area contributed by atoms with E-state index in [-0.39, 0.29) is 18.8 Å². The van der Waals surface area contributed by atoms with Gasteiger partial charge in [-0.3, -0.25) is 4.79 Å². The Hall–Kier alpha value is -0.390. The molecule has 74 valence electrons. The molecule has 1 unspecified atom stereocenters. The molecule has 0 saturated heterocycles. The predicted molar refractivity (Wildman–Crippen MR) is 46.1 cm³/mol. The second-order valence-corrected chi connectivity index (χ2v) is 2.49. The molecule has 1 atom stereocenters. The third-order valence-electron chi connectivity index (χ3n) is 1.49. The summed E-state index contributed by atoms with van der Waals surface area (Å²) < 4.78 is 12.1. The van der Waals surface area contributed by atoms with Gasteiger partial charge in [-0.05, 0) is 19.4 Å². The maximum absolute atomic E-state index is 12.1. The van der Waals surface area contributed by atoms with Crippen LogP contribution in [0, 0.1) is 0 Å². The van der Waals surface area contributed by atoms with Gasteiger partial charge in [-0.2, -0.15) is 0 Å². The zero-order chi connectivity index (χ0) is 8.91. The molecule has 0 aromatic carbocycles. The highest BCUT2D eigenvalue weighted by Gasteiger charge is 2.33. The summed E-state index contributed by atoms with van der Waals surface area (Å²) in [7, 11) is 0. The van der Waals surface area contributed by atoms with Crippen molar-refractivity contribution in [2.45, 2.75) is 18.4 Å². The second kappa shape index (κ2) is 6.16. The topological polar surface area (TPSA) is 89.3 Å². The quantitative estimate of drug-likeness (QED) is 0.578. The molecule has 0 spiro atoms. The van der Waals surface area contributed by atoms with Crippen LogP contribution in [0.25, 0.3) is 0 Å². The zero-order valence-electron chi connectivity index (χ0n) is 6.62. The van der Waals surface area contributed by atoms with Crippen LogP contribution in [0.5, 0.6) is 0 Å². The Morgan fingerprint density at radius 1 is 1.58 bits per heavy atom. The minimum atomic E-state index is -1.74. The molecule has 6 heteroatoms. The van der Waals surface area contributed by atoms with Gasteiger partial charge in [-0.1, -0.05) is 0 Å². The maximum Gasteiger partial charge on any atom is 0.326 e. The summed E-state index contributed by atoms with van der Waals surface area (Å²) in [5, 5.41) is 8.45. The number of aliphatic carboxylic acids is 1. The van der Waals surface area contributed by atoms with E-state index in [1.54, 1.807) is 0 Å². The number of carbonyl (C=O) groups is 1. The van der Waals surface area contributed by atoms with Gasteiger partial charge in [-0.25, -0.2) is 4.39 Å². The van der Waals surface area contributed by atoms with Crippen LogP contribution in [0.4, 0.5) is 4.39 Å². The number of rotatable bonds is 5. The lowest BCUT2D eigenvalue weighted by atomic mass is 9.97. The number of hydrogen-bond acceptors (Lipinski definition) is 3. The highest BCUT2D eigenvalue weighted by Crippen LogP contribution is 2.09. The number of carboxylic acids is 1. The van der Waals surface area contributed by atoms with Crippen molar-refractivity contribution >= 4 is 18.4 Å². The van der Waals surface area contributed by atoms with Crippen molar-refractivity contribution < 1.29 is 14.3 Å². The Morgan fingerprint density at radius 3 is 2.33 bits per heavy atom. The third kappa shape index (κ3) is 3.85. The van der Waals surface area contributed by atoms with Crippen LogP contribution >= 0.6 is 12.4 Å². The van der Waals surface area contributed by atoms with E-state index >= 15 is 0 Å². The Bertz CT molecular complexity index is 148. The number of hydrogen-bond donors (Lipinski definition) is 3. The highest BCUT2D eigenvalue weighted by molar-refractivity contribution is 5.85. The number of nitrogens with two attached hydrogens (primary N) is 2. The first-order valence-electron chi connectivity index (χ1n) is 3.35. The summed E-state index contributed by atoms with van der Waals surface area (Å²) in [6.07, 6.45) is 0.502. The van der Waals surface area contributed by atoms with Gasteiger partial charge in [0.05, 0.1) is 0 Å². The SMILES string of the molecule is Cl.NCCCC(N)(CF)C(=O)O. The van der Waals surface area contributed by atoms with E-state index in [1.807, 2.05) is 0 Å². The van der Waals surface area contributed by atoms with Gasteiger partial charge in [-0.15, -0.1) is 12.4 Å². The molecule has 0 rings (SSSR count). The fraction of sp³-hybridized carbons (Fsp3) is 0.833. The van der Waals surface area contributed by atoms with Gasteiger partial charge < -0.3 is 16.6 Å². The zero-order valence-corrected chi connectivity index (χ0v) is 7.44. The maximum atomic E-state index is 12.1. The van der Waals surface area contributed by atoms with Crippen molar-refractivity contribution in [2.24, 2.45) is 11.5 Å². The second-order valence-electron chi connectivity index (χ2n) is 2.49. The molecule has 0 saturated carbocycles. The molecular formula is C6H14ClFN2O2. The van der Waals surface area contributed by atoms with E-state index in [4.69, 9.17) is 16.6 Å². The first kappa shape index (κ1) is 14.2. The van der Waals surface area contributed by atoms with E-state index in [0.717, 1.165) is 0 Å². The van der Waals surface area contributed by atoms with Crippen LogP contribution in [-0.2, 0) is 4.79 Å². The molecule has 0 aromatic rings. The lowest BCUT2D eigenvalue weighted by molar-refractivity contribution is -0.144. The summed E-state index contributed by atoms with van der Waals surface area (Å²) in [4.78, 5) is 10.4. The average molecular weight is 201 g/mol. The van der Waals surface area contributed by atoms with Gasteiger partial charge in [0.1, 0.15) is 12.2 Å². The minimum absolute atomic E-state index is 0. The summed E-state index contributed by atoms with van der Waals surface area (Å²) in [5.41, 5.74) is 8.58. The lowest BCUT2D eigenvalue weighted by Gasteiger charge is -2.19. The van der Waals surface area contributed by atoms with E-state index < -0.39 is 18.2 Å². The van der Waals surface area contributed by atoms with Crippen LogP contribution in [0.1, 0.15) is 12.8 Å². The normalized spacial score (nSPS) is 14.6. The standard InChI is InChI=1S/C6H13FN2O2.ClH/c7-4-6(9,5(10)11)2-1-3-8;/h1-4,8-9H2,(H,10,11);1H. The Labute approximate surface area is 76.5 Å². The molecule has 4 nitrogen and oxygen atoms in total. The molecule has 0 bridgehead atoms. The van der Waals surface area contributed by atoms with Crippen molar-refractivity contribution in [3.63, 3.8) is 0 Å². The molecule has 0 aliphatic heterocycles. The van der Waals surface area contributed by atoms with Crippen molar-refractivity contribution in [3.8, 4) is 0 Å². The van der Waals surface area contributed by atoms with Gasteiger partial charge in [0.2, 0.25) is 0 Å². The Balaban J connectivity index is 0. The molecule has 5 N–H and O–H groups in total. The van der Waals surface area contributed by atoms with E-state index in [0.29, 0.717) is 13.0 Å². The first-order valence-corrected chi connectivity index (χ1v) is 3.35. The summed E-state index contributed by atoms with van der Waals surface area (Å²) >= 11 is 0. The molecule has 0 heterocycles. The van der Waals surface area contributed by atoms with Crippen molar-refractivity contribution in [2.75, 3.05) is 13.2 Å². The highest BCUT2D eigenvalue weighted by atomic mass is 35.5.